The zero-order chi connectivity index (χ0) is 34.9. The molecule has 0 heterocycles. The summed E-state index contributed by atoms with van der Waals surface area (Å²) in [6, 6.07) is 34.9. The molecule has 50 heavy (non-hydrogen) atoms. The quantitative estimate of drug-likeness (QED) is 0.140. The van der Waals surface area contributed by atoms with E-state index in [-0.39, 0.29) is 24.8 Å². The molecule has 2 atom stereocenters. The molecule has 0 N–H and O–H groups in total. The normalized spacial score (nSPS) is 13.7. The van der Waals surface area contributed by atoms with Crippen LogP contribution < -0.4 is 30.0 Å². The molecule has 2 aliphatic carbocycles. The van der Waals surface area contributed by atoms with E-state index >= 15 is 0 Å². The first-order valence-corrected chi connectivity index (χ1v) is 26.1. The van der Waals surface area contributed by atoms with Crippen molar-refractivity contribution in [2.75, 3.05) is 0 Å². The third-order valence-electron chi connectivity index (χ3n) is 9.87. The first-order valence-electron chi connectivity index (χ1n) is 17.8. The Kier molecular flexibility index (Phi) is 18.1. The number of hydrogen-bond donors (Lipinski definition) is 0. The summed E-state index contributed by atoms with van der Waals surface area (Å²) in [7, 11) is -2.40. The summed E-state index contributed by atoms with van der Waals surface area (Å²) >= 11 is 1.55. The van der Waals surface area contributed by atoms with Crippen LogP contribution in [-0.4, -0.2) is 19.4 Å². The molecule has 4 aromatic carbocycles. The predicted octanol–water partition coefficient (Wildman–Crippen LogP) is 5.32. The predicted molar refractivity (Wildman–Crippen MR) is 214 cm³/mol. The van der Waals surface area contributed by atoms with E-state index in [1.807, 2.05) is 12.2 Å². The minimum atomic E-state index is -1.31. The third kappa shape index (κ3) is 13.3. The molecular weight excluding hydrogens is 759 g/mol. The summed E-state index contributed by atoms with van der Waals surface area (Å²) in [5, 5.41) is 1.61. The van der Waals surface area contributed by atoms with Crippen LogP contribution in [0.15, 0.2) is 103 Å². The number of aryl methyl sites for hydroxylation is 1. The van der Waals surface area contributed by atoms with Gasteiger partial charge < -0.3 is 24.8 Å². The van der Waals surface area contributed by atoms with Gasteiger partial charge in [-0.05, 0) is 36.8 Å². The van der Waals surface area contributed by atoms with Gasteiger partial charge in [-0.15, -0.1) is 17.5 Å². The van der Waals surface area contributed by atoms with Crippen LogP contribution in [-0.2, 0) is 49.9 Å². The van der Waals surface area contributed by atoms with E-state index in [0.717, 1.165) is 43.6 Å². The van der Waals surface area contributed by atoms with Gasteiger partial charge in [0, 0.05) is 8.07 Å². The standard InChI is InChI=1S/C25H37Si2.C15H14.C5H5.2ClH.Zr/c1-17(19(3)26(4,5)6)12-20-10-11-23-22(14-20)15-21-13-18(2)25(16-24(21)23)27(7,8)9;1-3-8-14(9-4-1)12-7-13-15-10-5-2-6-11-15;1-2-4-5-3-1;;;/h10-11,13,16-17,19H,12,15H2,1-9H3;1-6,8-11H,12-13H2;1-3H,4H2;2*1H;/q-1;;-1;;;+2/p-2. The number of rotatable bonds is 9. The van der Waals surface area contributed by atoms with Crippen molar-refractivity contribution in [1.29, 1.82) is 0 Å². The topological polar surface area (TPSA) is 0 Å². The summed E-state index contributed by atoms with van der Waals surface area (Å²) in [6.07, 6.45) is 14.5. The van der Waals surface area contributed by atoms with Gasteiger partial charge >= 0.3 is 112 Å². The van der Waals surface area contributed by atoms with E-state index in [1.165, 1.54) is 44.5 Å². The van der Waals surface area contributed by atoms with Crippen molar-refractivity contribution in [2.24, 2.45) is 5.92 Å². The molecule has 0 aromatic heterocycles. The first kappa shape index (κ1) is 44.3. The molecule has 0 bridgehead atoms. The van der Waals surface area contributed by atoms with E-state index in [9.17, 15) is 0 Å². The molecule has 2 unspecified atom stereocenters. The average molecular weight is 815 g/mol. The van der Waals surface area contributed by atoms with Crippen molar-refractivity contribution in [3.05, 3.63) is 149 Å². The molecule has 0 aliphatic heterocycles. The van der Waals surface area contributed by atoms with Crippen LogP contribution in [0, 0.1) is 25.0 Å². The van der Waals surface area contributed by atoms with Crippen LogP contribution in [0.3, 0.4) is 0 Å². The Morgan fingerprint density at radius 3 is 1.82 bits per heavy atom. The van der Waals surface area contributed by atoms with Crippen LogP contribution in [0.2, 0.25) is 44.8 Å². The van der Waals surface area contributed by atoms with Crippen molar-refractivity contribution >= 4 is 24.5 Å². The van der Waals surface area contributed by atoms with Gasteiger partial charge in [-0.3, -0.25) is 6.08 Å². The van der Waals surface area contributed by atoms with Gasteiger partial charge in [0.05, 0.1) is 8.07 Å². The Labute approximate surface area is 334 Å². The fraction of sp³-hybridized carbons (Fsp3) is 0.356. The van der Waals surface area contributed by atoms with E-state index in [1.54, 1.807) is 32.6 Å². The zero-order valence-corrected chi connectivity index (χ0v) is 37.7. The maximum absolute atomic E-state index is 3.81. The van der Waals surface area contributed by atoms with Crippen molar-refractivity contribution < 1.29 is 49.0 Å². The number of fused-ring (bicyclic) bond motifs is 3. The Morgan fingerprint density at radius 2 is 1.36 bits per heavy atom. The zero-order valence-electron chi connectivity index (χ0n) is 31.8. The summed E-state index contributed by atoms with van der Waals surface area (Å²) in [5.41, 5.74) is 12.4. The van der Waals surface area contributed by atoms with Gasteiger partial charge in [-0.1, -0.05) is 81.6 Å². The Balaban J connectivity index is 0.000000318. The van der Waals surface area contributed by atoms with Gasteiger partial charge in [0.1, 0.15) is 0 Å². The molecule has 0 spiro atoms. The molecule has 6 rings (SSSR count). The monoisotopic (exact) mass is 812 g/mol. The third-order valence-corrected chi connectivity index (χ3v) is 16.2. The van der Waals surface area contributed by atoms with Gasteiger partial charge in [0.15, 0.2) is 0 Å². The van der Waals surface area contributed by atoms with Crippen molar-refractivity contribution in [3.63, 3.8) is 0 Å². The second-order valence-corrected chi connectivity index (χ2v) is 28.3. The van der Waals surface area contributed by atoms with Gasteiger partial charge in [0.2, 0.25) is 0 Å². The average Bonchev–Trinajstić information content (AvgIpc) is 3.72. The summed E-state index contributed by atoms with van der Waals surface area (Å²) < 4.78 is 1.60. The van der Waals surface area contributed by atoms with E-state index in [0.29, 0.717) is 0 Å². The molecular formula is C45H56Cl2Si2Zr-2. The number of allylic oxidation sites excluding steroid dienone is 4. The maximum atomic E-state index is 3.81. The number of hydrogen-bond acceptors (Lipinski definition) is 0. The second-order valence-electron chi connectivity index (χ2n) is 15.9. The molecule has 0 nitrogen and oxygen atoms in total. The van der Waals surface area contributed by atoms with E-state index in [4.69, 9.17) is 0 Å². The molecule has 264 valence electrons. The van der Waals surface area contributed by atoms with Crippen LogP contribution in [0.25, 0.3) is 11.1 Å². The number of halogens is 2. The van der Waals surface area contributed by atoms with Crippen molar-refractivity contribution in [3.8, 4) is 11.1 Å². The molecule has 2 aliphatic rings. The molecule has 0 amide bonds. The van der Waals surface area contributed by atoms with Crippen molar-refractivity contribution in [2.45, 2.75) is 97.7 Å². The fourth-order valence-corrected chi connectivity index (χ4v) is 11.4. The molecule has 4 aromatic rings. The van der Waals surface area contributed by atoms with E-state index < -0.39 is 16.1 Å². The second kappa shape index (κ2) is 20.4. The van der Waals surface area contributed by atoms with Crippen LogP contribution in [0.4, 0.5) is 0 Å². The van der Waals surface area contributed by atoms with Gasteiger partial charge in [-0.2, -0.15) is 29.8 Å². The van der Waals surface area contributed by atoms with Gasteiger partial charge in [-0.25, -0.2) is 12.2 Å². The Hall–Kier alpha value is -1.87. The first-order chi connectivity index (χ1) is 22.7. The van der Waals surface area contributed by atoms with Crippen molar-refractivity contribution in [1.82, 2.24) is 0 Å². The summed E-state index contributed by atoms with van der Waals surface area (Å²) in [5.74, 6) is 0.732. The minimum absolute atomic E-state index is 0. The fourth-order valence-electron chi connectivity index (χ4n) is 6.73. The summed E-state index contributed by atoms with van der Waals surface area (Å²) in [4.78, 5) is 0. The SMILES string of the molecule is Cc1cc2c(cc1[Si](C)(C)C)-c1ccc(CC(C)C(C)[Si](C)(C)C)[c-]c1C2.[C-]1=CC=CC1.[Cl-].[Cl-].[Zr+2]=[C](Cc1ccccc1)Cc1ccccc1. The Bertz CT molecular complexity index is 1660. The molecule has 0 saturated heterocycles. The van der Waals surface area contributed by atoms with Crippen LogP contribution >= 0.6 is 0 Å². The van der Waals surface area contributed by atoms with Gasteiger partial charge in [0.25, 0.3) is 0 Å². The molecule has 0 saturated carbocycles. The number of benzene rings is 4. The molecule has 0 fully saturated rings. The van der Waals surface area contributed by atoms with E-state index in [2.05, 4.69) is 163 Å². The summed E-state index contributed by atoms with van der Waals surface area (Å²) in [6.45, 7) is 22.0. The Morgan fingerprint density at radius 1 is 0.780 bits per heavy atom. The van der Waals surface area contributed by atoms with Crippen LogP contribution in [0.5, 0.6) is 0 Å². The molecule has 0 radical (unpaired) electrons. The molecule has 5 heteroatoms. The van der Waals surface area contributed by atoms with Crippen LogP contribution in [0.1, 0.15) is 53.6 Å².